The van der Waals surface area contributed by atoms with E-state index in [4.69, 9.17) is 17.3 Å². The summed E-state index contributed by atoms with van der Waals surface area (Å²) in [6.45, 7) is 1.84. The van der Waals surface area contributed by atoms with Crippen LogP contribution in [0.3, 0.4) is 0 Å². The van der Waals surface area contributed by atoms with Gasteiger partial charge in [-0.1, -0.05) is 17.5 Å². The van der Waals surface area contributed by atoms with Gasteiger partial charge in [0.15, 0.2) is 0 Å². The monoisotopic (exact) mass is 223 g/mol. The molecule has 0 atom stereocenters. The zero-order chi connectivity index (χ0) is 11.4. The molecule has 0 spiro atoms. The number of halogens is 1. The molecule has 0 aliphatic heterocycles. The second-order valence-electron chi connectivity index (χ2n) is 2.93. The van der Waals surface area contributed by atoms with Crippen molar-refractivity contribution in [1.82, 2.24) is 0 Å². The van der Waals surface area contributed by atoms with E-state index in [-0.39, 0.29) is 0 Å². The maximum atomic E-state index is 10.8. The van der Waals surface area contributed by atoms with Crippen LogP contribution < -0.4 is 5.73 Å². The lowest BCUT2D eigenvalue weighted by atomic mass is 10.1. The van der Waals surface area contributed by atoms with Crippen LogP contribution >= 0.6 is 11.6 Å². The summed E-state index contributed by atoms with van der Waals surface area (Å²) in [6.07, 6.45) is 0. The molecule has 3 nitrogen and oxygen atoms in total. The van der Waals surface area contributed by atoms with Gasteiger partial charge in [-0.3, -0.25) is 0 Å². The van der Waals surface area contributed by atoms with E-state index < -0.39 is 5.97 Å². The van der Waals surface area contributed by atoms with Crippen molar-refractivity contribution in [2.45, 2.75) is 6.92 Å². The van der Waals surface area contributed by atoms with Gasteiger partial charge in [0.05, 0.1) is 12.1 Å². The Morgan fingerprint density at radius 3 is 2.80 bits per heavy atom. The van der Waals surface area contributed by atoms with Crippen molar-refractivity contribution in [3.63, 3.8) is 0 Å². The second-order valence-corrected chi connectivity index (χ2v) is 3.34. The molecule has 1 aromatic carbocycles. The standard InChI is InChI=1S/C11H10ClNO2/c1-7-5-8(3-4-11(14)15-2)9(12)6-10(7)13/h5-6H,13H2,1-2H3. The van der Waals surface area contributed by atoms with Crippen molar-refractivity contribution in [2.75, 3.05) is 12.8 Å². The van der Waals surface area contributed by atoms with Crippen LogP contribution in [0.2, 0.25) is 5.02 Å². The molecule has 0 aliphatic carbocycles. The molecule has 0 saturated carbocycles. The fourth-order valence-electron chi connectivity index (χ4n) is 0.962. The number of ether oxygens (including phenoxy) is 1. The molecule has 2 N–H and O–H groups in total. The average Bonchev–Trinajstić information content (AvgIpc) is 2.21. The predicted octanol–water partition coefficient (Wildman–Crippen LogP) is 1.76. The molecule has 0 aromatic heterocycles. The summed E-state index contributed by atoms with van der Waals surface area (Å²) >= 11 is 5.89. The summed E-state index contributed by atoms with van der Waals surface area (Å²) in [5.41, 5.74) is 7.68. The number of rotatable bonds is 0. The molecule has 4 heteroatoms. The molecule has 0 aliphatic rings. The van der Waals surface area contributed by atoms with Crippen molar-refractivity contribution < 1.29 is 9.53 Å². The van der Waals surface area contributed by atoms with Gasteiger partial charge < -0.3 is 10.5 Å². The first-order valence-electron chi connectivity index (χ1n) is 4.20. The minimum absolute atomic E-state index is 0.425. The molecule has 0 fully saturated rings. The number of carbonyl (C=O) groups excluding carboxylic acids is 1. The maximum Gasteiger partial charge on any atom is 0.384 e. The van der Waals surface area contributed by atoms with E-state index in [2.05, 4.69) is 16.6 Å². The van der Waals surface area contributed by atoms with Crippen LogP contribution in [0.25, 0.3) is 0 Å². The van der Waals surface area contributed by atoms with Crippen molar-refractivity contribution in [3.8, 4) is 11.8 Å². The van der Waals surface area contributed by atoms with Gasteiger partial charge in [-0.05, 0) is 24.6 Å². The first-order chi connectivity index (χ1) is 7.04. The van der Waals surface area contributed by atoms with Gasteiger partial charge in [0.1, 0.15) is 0 Å². The zero-order valence-electron chi connectivity index (χ0n) is 8.43. The van der Waals surface area contributed by atoms with E-state index in [1.807, 2.05) is 6.92 Å². The molecule has 78 valence electrons. The summed E-state index contributed by atoms with van der Waals surface area (Å²) in [4.78, 5) is 10.8. The number of aryl methyl sites for hydroxylation is 1. The first kappa shape index (κ1) is 11.4. The highest BCUT2D eigenvalue weighted by Crippen LogP contribution is 2.21. The fraction of sp³-hybridized carbons (Fsp3) is 0.182. The number of nitrogens with two attached hydrogens (primary N) is 1. The highest BCUT2D eigenvalue weighted by Gasteiger charge is 2.01. The number of anilines is 1. The summed E-state index contributed by atoms with van der Waals surface area (Å²) in [5, 5.41) is 0.425. The topological polar surface area (TPSA) is 52.3 Å². The first-order valence-corrected chi connectivity index (χ1v) is 4.58. The number of nitrogen functional groups attached to an aromatic ring is 1. The lowest BCUT2D eigenvalue weighted by Crippen LogP contribution is -1.95. The molecule has 0 radical (unpaired) electrons. The lowest BCUT2D eigenvalue weighted by molar-refractivity contribution is -0.133. The van der Waals surface area contributed by atoms with Crippen LogP contribution in [0.1, 0.15) is 11.1 Å². The van der Waals surface area contributed by atoms with Crippen molar-refractivity contribution in [2.24, 2.45) is 0 Å². The third kappa shape index (κ3) is 2.90. The highest BCUT2D eigenvalue weighted by molar-refractivity contribution is 6.32. The number of methoxy groups -OCH3 is 1. The Kier molecular flexibility index (Phi) is 3.59. The van der Waals surface area contributed by atoms with Crippen LogP contribution in [0.5, 0.6) is 0 Å². The molecule has 1 aromatic rings. The van der Waals surface area contributed by atoms with Gasteiger partial charge in [0.25, 0.3) is 0 Å². The molecular weight excluding hydrogens is 214 g/mol. The summed E-state index contributed by atoms with van der Waals surface area (Å²) < 4.78 is 4.39. The molecule has 0 saturated heterocycles. The Morgan fingerprint density at radius 2 is 2.20 bits per heavy atom. The fourth-order valence-corrected chi connectivity index (χ4v) is 1.18. The Balaban J connectivity index is 3.09. The molecule has 15 heavy (non-hydrogen) atoms. The summed E-state index contributed by atoms with van der Waals surface area (Å²) in [6, 6.07) is 3.34. The largest absolute Gasteiger partial charge is 0.459 e. The third-order valence-electron chi connectivity index (χ3n) is 1.84. The minimum Gasteiger partial charge on any atom is -0.459 e. The Hall–Kier alpha value is -1.66. The Labute approximate surface area is 93.2 Å². The quantitative estimate of drug-likeness (QED) is 0.414. The highest BCUT2D eigenvalue weighted by atomic mass is 35.5. The third-order valence-corrected chi connectivity index (χ3v) is 2.15. The average molecular weight is 224 g/mol. The van der Waals surface area contributed by atoms with Gasteiger partial charge in [0, 0.05) is 17.2 Å². The van der Waals surface area contributed by atoms with Gasteiger partial charge in [-0.15, -0.1) is 0 Å². The molecule has 1 rings (SSSR count). The number of hydrogen-bond acceptors (Lipinski definition) is 3. The normalized spacial score (nSPS) is 9.00. The molecule has 0 heterocycles. The number of benzene rings is 1. The lowest BCUT2D eigenvalue weighted by Gasteiger charge is -2.02. The van der Waals surface area contributed by atoms with Crippen LogP contribution in [0, 0.1) is 18.8 Å². The smallest absolute Gasteiger partial charge is 0.384 e. The van der Waals surface area contributed by atoms with E-state index in [0.717, 1.165) is 5.56 Å². The van der Waals surface area contributed by atoms with Crippen LogP contribution in [-0.4, -0.2) is 13.1 Å². The predicted molar refractivity (Wildman–Crippen MR) is 59.5 cm³/mol. The van der Waals surface area contributed by atoms with Crippen LogP contribution in [0.15, 0.2) is 12.1 Å². The number of esters is 1. The van der Waals surface area contributed by atoms with E-state index in [1.54, 1.807) is 12.1 Å². The van der Waals surface area contributed by atoms with Crippen LogP contribution in [-0.2, 0) is 9.53 Å². The maximum absolute atomic E-state index is 10.8. The van der Waals surface area contributed by atoms with E-state index in [1.165, 1.54) is 7.11 Å². The zero-order valence-corrected chi connectivity index (χ0v) is 9.18. The summed E-state index contributed by atoms with van der Waals surface area (Å²) in [5.74, 6) is 4.32. The molecule has 0 amide bonds. The van der Waals surface area contributed by atoms with E-state index in [0.29, 0.717) is 16.3 Å². The van der Waals surface area contributed by atoms with Gasteiger partial charge in [-0.25, -0.2) is 4.79 Å². The van der Waals surface area contributed by atoms with Crippen LogP contribution in [0.4, 0.5) is 5.69 Å². The van der Waals surface area contributed by atoms with Crippen molar-refractivity contribution in [3.05, 3.63) is 28.3 Å². The number of carbonyl (C=O) groups is 1. The second kappa shape index (κ2) is 4.72. The molecule has 0 unspecified atom stereocenters. The SMILES string of the molecule is COC(=O)C#Cc1cc(C)c(N)cc1Cl. The van der Waals surface area contributed by atoms with Crippen molar-refractivity contribution in [1.29, 1.82) is 0 Å². The van der Waals surface area contributed by atoms with Gasteiger partial charge >= 0.3 is 5.97 Å². The molecular formula is C11H10ClNO2. The minimum atomic E-state index is -0.597. The van der Waals surface area contributed by atoms with Gasteiger partial charge in [-0.2, -0.15) is 0 Å². The van der Waals surface area contributed by atoms with Gasteiger partial charge in [0.2, 0.25) is 0 Å². The van der Waals surface area contributed by atoms with E-state index >= 15 is 0 Å². The van der Waals surface area contributed by atoms with Crippen molar-refractivity contribution >= 4 is 23.3 Å². The number of hydrogen-bond donors (Lipinski definition) is 1. The van der Waals surface area contributed by atoms with E-state index in [9.17, 15) is 4.79 Å². The molecule has 0 bridgehead atoms. The Morgan fingerprint density at radius 1 is 1.53 bits per heavy atom. The Bertz CT molecular complexity index is 458. The summed E-state index contributed by atoms with van der Waals surface area (Å²) in [7, 11) is 1.27.